The molecule has 1 N–H and O–H groups in total. The van der Waals surface area contributed by atoms with Crippen LogP contribution in [-0.4, -0.2) is 41.3 Å². The van der Waals surface area contributed by atoms with E-state index in [0.717, 1.165) is 4.90 Å². The fourth-order valence-corrected chi connectivity index (χ4v) is 2.01. The standard InChI is InChI=1S/C12H11F2N3O4/c13-7-4-8(11(14)9(5-7)17(20)21)12(19)16-3-1-2-15-10(18)6-16/h4-5H,1-3,6H2,(H,15,18). The molecule has 7 nitrogen and oxygen atoms in total. The Morgan fingerprint density at radius 1 is 1.38 bits per heavy atom. The lowest BCUT2D eigenvalue weighted by Gasteiger charge is -2.19. The highest BCUT2D eigenvalue weighted by molar-refractivity contribution is 5.97. The molecule has 0 bridgehead atoms. The minimum absolute atomic E-state index is 0.168. The molecule has 21 heavy (non-hydrogen) atoms. The smallest absolute Gasteiger partial charge is 0.308 e. The van der Waals surface area contributed by atoms with Gasteiger partial charge in [0, 0.05) is 13.1 Å². The average molecular weight is 299 g/mol. The van der Waals surface area contributed by atoms with Crippen LogP contribution in [0.1, 0.15) is 16.8 Å². The van der Waals surface area contributed by atoms with Gasteiger partial charge in [-0.15, -0.1) is 0 Å². The van der Waals surface area contributed by atoms with Crippen LogP contribution in [0.3, 0.4) is 0 Å². The van der Waals surface area contributed by atoms with E-state index in [1.165, 1.54) is 0 Å². The third-order valence-corrected chi connectivity index (χ3v) is 2.99. The van der Waals surface area contributed by atoms with Gasteiger partial charge in [0.2, 0.25) is 11.7 Å². The third kappa shape index (κ3) is 3.12. The molecule has 1 aromatic rings. The number of nitro benzene ring substituents is 1. The van der Waals surface area contributed by atoms with Crippen molar-refractivity contribution in [2.24, 2.45) is 0 Å². The monoisotopic (exact) mass is 299 g/mol. The Bertz CT molecular complexity index is 621. The first-order valence-electron chi connectivity index (χ1n) is 6.09. The number of nitrogens with one attached hydrogen (secondary N) is 1. The quantitative estimate of drug-likeness (QED) is 0.647. The van der Waals surface area contributed by atoms with Crippen LogP contribution in [-0.2, 0) is 4.79 Å². The highest BCUT2D eigenvalue weighted by Crippen LogP contribution is 2.23. The van der Waals surface area contributed by atoms with E-state index < -0.39 is 39.6 Å². The van der Waals surface area contributed by atoms with Crippen molar-refractivity contribution in [1.82, 2.24) is 10.2 Å². The Morgan fingerprint density at radius 3 is 2.76 bits per heavy atom. The van der Waals surface area contributed by atoms with Crippen molar-refractivity contribution in [3.63, 3.8) is 0 Å². The van der Waals surface area contributed by atoms with Crippen LogP contribution >= 0.6 is 0 Å². The van der Waals surface area contributed by atoms with E-state index >= 15 is 0 Å². The minimum atomic E-state index is -1.41. The molecule has 0 spiro atoms. The van der Waals surface area contributed by atoms with Gasteiger partial charge in [-0.05, 0) is 12.5 Å². The normalized spacial score (nSPS) is 15.3. The molecule has 0 aromatic heterocycles. The number of rotatable bonds is 2. The number of carbonyl (C=O) groups excluding carboxylic acids is 2. The maximum absolute atomic E-state index is 14.0. The molecule has 2 rings (SSSR count). The second kappa shape index (κ2) is 5.81. The summed E-state index contributed by atoms with van der Waals surface area (Å²) in [6, 6.07) is 0.995. The van der Waals surface area contributed by atoms with Gasteiger partial charge in [-0.3, -0.25) is 19.7 Å². The highest BCUT2D eigenvalue weighted by Gasteiger charge is 2.28. The van der Waals surface area contributed by atoms with Crippen LogP contribution in [0.25, 0.3) is 0 Å². The molecule has 1 saturated heterocycles. The van der Waals surface area contributed by atoms with Gasteiger partial charge in [-0.25, -0.2) is 4.39 Å². The van der Waals surface area contributed by atoms with Crippen LogP contribution in [0, 0.1) is 21.7 Å². The van der Waals surface area contributed by atoms with Crippen molar-refractivity contribution < 1.29 is 23.3 Å². The molecule has 1 aliphatic heterocycles. The third-order valence-electron chi connectivity index (χ3n) is 2.99. The highest BCUT2D eigenvalue weighted by atomic mass is 19.1. The number of halogens is 2. The molecule has 0 atom stereocenters. The zero-order chi connectivity index (χ0) is 15.6. The fourth-order valence-electron chi connectivity index (χ4n) is 2.01. The van der Waals surface area contributed by atoms with Crippen LogP contribution in [0.5, 0.6) is 0 Å². The maximum Gasteiger partial charge on any atom is 0.308 e. The minimum Gasteiger partial charge on any atom is -0.354 e. The van der Waals surface area contributed by atoms with Crippen molar-refractivity contribution >= 4 is 17.5 Å². The summed E-state index contributed by atoms with van der Waals surface area (Å²) < 4.78 is 27.3. The number of amides is 2. The van der Waals surface area contributed by atoms with E-state index in [1.807, 2.05) is 0 Å². The molecule has 1 aromatic carbocycles. The summed E-state index contributed by atoms with van der Waals surface area (Å²) in [5.41, 5.74) is -1.87. The molecule has 0 radical (unpaired) electrons. The molecule has 0 aliphatic carbocycles. The first kappa shape index (κ1) is 14.8. The van der Waals surface area contributed by atoms with Gasteiger partial charge in [0.25, 0.3) is 5.91 Å². The second-order valence-corrected chi connectivity index (χ2v) is 4.47. The van der Waals surface area contributed by atoms with Gasteiger partial charge >= 0.3 is 5.69 Å². The lowest BCUT2D eigenvalue weighted by Crippen LogP contribution is -2.37. The van der Waals surface area contributed by atoms with E-state index in [-0.39, 0.29) is 13.1 Å². The van der Waals surface area contributed by atoms with Crippen molar-refractivity contribution in [1.29, 1.82) is 0 Å². The van der Waals surface area contributed by atoms with E-state index in [4.69, 9.17) is 0 Å². The SMILES string of the molecule is O=C1CN(C(=O)c2cc(F)cc([N+](=O)[O-])c2F)CCCN1. The van der Waals surface area contributed by atoms with Crippen LogP contribution in [0.2, 0.25) is 0 Å². The Hall–Kier alpha value is -2.58. The van der Waals surface area contributed by atoms with E-state index in [2.05, 4.69) is 5.32 Å². The van der Waals surface area contributed by atoms with Crippen molar-refractivity contribution in [3.8, 4) is 0 Å². The molecule has 0 unspecified atom stereocenters. The van der Waals surface area contributed by atoms with Crippen LogP contribution in [0.4, 0.5) is 14.5 Å². The van der Waals surface area contributed by atoms with Crippen LogP contribution < -0.4 is 5.32 Å². The summed E-state index contributed by atoms with van der Waals surface area (Å²) in [7, 11) is 0. The van der Waals surface area contributed by atoms with Crippen molar-refractivity contribution in [2.75, 3.05) is 19.6 Å². The number of nitro groups is 1. The molecule has 1 heterocycles. The van der Waals surface area contributed by atoms with Crippen molar-refractivity contribution in [3.05, 3.63) is 39.4 Å². The zero-order valence-electron chi connectivity index (χ0n) is 10.8. The van der Waals surface area contributed by atoms with Gasteiger partial charge in [0.05, 0.1) is 23.1 Å². The van der Waals surface area contributed by atoms with E-state index in [0.29, 0.717) is 25.1 Å². The van der Waals surface area contributed by atoms with Gasteiger partial charge in [-0.2, -0.15) is 4.39 Å². The summed E-state index contributed by atoms with van der Waals surface area (Å²) in [5, 5.41) is 13.2. The van der Waals surface area contributed by atoms with Gasteiger partial charge in [0.15, 0.2) is 0 Å². The summed E-state index contributed by atoms with van der Waals surface area (Å²) in [4.78, 5) is 34.1. The molecule has 0 saturated carbocycles. The molecule has 2 amide bonds. The lowest BCUT2D eigenvalue weighted by molar-refractivity contribution is -0.387. The summed E-state index contributed by atoms with van der Waals surface area (Å²) >= 11 is 0. The van der Waals surface area contributed by atoms with Gasteiger partial charge < -0.3 is 10.2 Å². The summed E-state index contributed by atoms with van der Waals surface area (Å²) in [6.07, 6.45) is 0.455. The van der Waals surface area contributed by atoms with Gasteiger partial charge in [-0.1, -0.05) is 0 Å². The Balaban J connectivity index is 2.38. The maximum atomic E-state index is 14.0. The zero-order valence-corrected chi connectivity index (χ0v) is 10.8. The summed E-state index contributed by atoms with van der Waals surface area (Å²) in [6.45, 7) is 0.234. The number of hydrogen-bond donors (Lipinski definition) is 1. The first-order valence-corrected chi connectivity index (χ1v) is 6.09. The Morgan fingerprint density at radius 2 is 2.10 bits per heavy atom. The Kier molecular flexibility index (Phi) is 4.10. The summed E-state index contributed by atoms with van der Waals surface area (Å²) in [5.74, 6) is -3.87. The van der Waals surface area contributed by atoms with E-state index in [9.17, 15) is 28.5 Å². The molecular formula is C12H11F2N3O4. The molecule has 1 aliphatic rings. The van der Waals surface area contributed by atoms with Crippen LogP contribution in [0.15, 0.2) is 12.1 Å². The number of nitrogens with zero attached hydrogens (tertiary/aromatic N) is 2. The van der Waals surface area contributed by atoms with Gasteiger partial charge in [0.1, 0.15) is 5.82 Å². The number of carbonyl (C=O) groups is 2. The predicted molar refractivity (Wildman–Crippen MR) is 66.5 cm³/mol. The first-order chi connectivity index (χ1) is 9.90. The molecular weight excluding hydrogens is 288 g/mol. The average Bonchev–Trinajstić information content (AvgIpc) is 2.64. The molecule has 112 valence electrons. The Labute approximate surface area is 117 Å². The number of hydrogen-bond acceptors (Lipinski definition) is 4. The largest absolute Gasteiger partial charge is 0.354 e. The fraction of sp³-hybridized carbons (Fsp3) is 0.333. The second-order valence-electron chi connectivity index (χ2n) is 4.47. The van der Waals surface area contributed by atoms with Crippen molar-refractivity contribution in [2.45, 2.75) is 6.42 Å². The lowest BCUT2D eigenvalue weighted by atomic mass is 10.1. The topological polar surface area (TPSA) is 92.5 Å². The van der Waals surface area contributed by atoms with E-state index in [1.54, 1.807) is 0 Å². The molecule has 1 fully saturated rings. The predicted octanol–water partition coefficient (Wildman–Crippen LogP) is 0.835. The number of benzene rings is 1. The molecule has 9 heteroatoms.